The molecule has 2 aromatic carbocycles. The monoisotopic (exact) mass is 419 g/mol. The lowest BCUT2D eigenvalue weighted by molar-refractivity contribution is -0.138. The van der Waals surface area contributed by atoms with Gasteiger partial charge in [-0.05, 0) is 29.8 Å². The number of aliphatic carboxylic acids is 1. The van der Waals surface area contributed by atoms with Gasteiger partial charge < -0.3 is 21.1 Å². The van der Waals surface area contributed by atoms with E-state index in [1.165, 1.54) is 0 Å². The van der Waals surface area contributed by atoms with Gasteiger partial charge in [0.05, 0.1) is 0 Å². The van der Waals surface area contributed by atoms with Gasteiger partial charge in [-0.15, -0.1) is 0 Å². The summed E-state index contributed by atoms with van der Waals surface area (Å²) in [6.07, 6.45) is 0.236. The van der Waals surface area contributed by atoms with Gasteiger partial charge in [-0.1, -0.05) is 46.3 Å². The molecule has 0 heterocycles. The summed E-state index contributed by atoms with van der Waals surface area (Å²) >= 11 is 3.31. The molecule has 0 bridgehead atoms. The number of nitrogens with one attached hydrogen (secondary N) is 3. The molecule has 2 rings (SSSR count). The average molecular weight is 420 g/mol. The summed E-state index contributed by atoms with van der Waals surface area (Å²) in [4.78, 5) is 35.1. The van der Waals surface area contributed by atoms with Crippen LogP contribution >= 0.6 is 15.9 Å². The fourth-order valence-corrected chi connectivity index (χ4v) is 2.47. The van der Waals surface area contributed by atoms with Crippen molar-refractivity contribution in [3.05, 3.63) is 64.6 Å². The maximum absolute atomic E-state index is 12.3. The number of carbonyl (C=O) groups excluding carboxylic acids is 2. The summed E-state index contributed by atoms with van der Waals surface area (Å²) in [7, 11) is 0. The van der Waals surface area contributed by atoms with Gasteiger partial charge in [0.25, 0.3) is 0 Å². The number of carboxylic acids is 1. The number of hydrogen-bond donors (Lipinski definition) is 4. The number of urea groups is 1. The van der Waals surface area contributed by atoms with E-state index in [0.717, 1.165) is 10.0 Å². The third-order valence-electron chi connectivity index (χ3n) is 3.42. The molecule has 0 saturated heterocycles. The Morgan fingerprint density at radius 2 is 1.65 bits per heavy atom. The smallest absolute Gasteiger partial charge is 0.322 e. The van der Waals surface area contributed by atoms with Crippen molar-refractivity contribution in [2.24, 2.45) is 0 Å². The van der Waals surface area contributed by atoms with Crippen LogP contribution in [0.25, 0.3) is 0 Å². The molecular formula is C18H18BrN3O4. The van der Waals surface area contributed by atoms with E-state index in [2.05, 4.69) is 31.9 Å². The summed E-state index contributed by atoms with van der Waals surface area (Å²) in [5.74, 6) is -1.72. The molecule has 0 saturated carbocycles. The largest absolute Gasteiger partial charge is 0.480 e. The van der Waals surface area contributed by atoms with Gasteiger partial charge in [-0.3, -0.25) is 9.59 Å². The van der Waals surface area contributed by atoms with E-state index in [4.69, 9.17) is 5.11 Å². The second kappa shape index (κ2) is 9.57. The molecule has 2 aromatic rings. The van der Waals surface area contributed by atoms with Gasteiger partial charge in [0, 0.05) is 16.6 Å². The Hall–Kier alpha value is -2.87. The molecule has 0 unspecified atom stereocenters. The maximum Gasteiger partial charge on any atom is 0.322 e. The molecule has 0 aliphatic carbocycles. The third-order valence-corrected chi connectivity index (χ3v) is 3.95. The first-order valence-electron chi connectivity index (χ1n) is 7.80. The summed E-state index contributed by atoms with van der Waals surface area (Å²) in [6, 6.07) is 14.6. The standard InChI is InChI=1S/C18H18BrN3O4/c19-13-6-8-14(9-7-13)21-18(26)22-15(17(25)20-11-16(23)24)10-12-4-2-1-3-5-12/h1-9,15H,10-11H2,(H,20,25)(H,23,24)(H2,21,22,26)/t15-/m0/s1. The normalized spacial score (nSPS) is 11.3. The number of benzene rings is 2. The van der Waals surface area contributed by atoms with Crippen LogP contribution in [0.2, 0.25) is 0 Å². The van der Waals surface area contributed by atoms with Gasteiger partial charge in [0.1, 0.15) is 12.6 Å². The van der Waals surface area contributed by atoms with E-state index in [0.29, 0.717) is 5.69 Å². The van der Waals surface area contributed by atoms with Crippen LogP contribution < -0.4 is 16.0 Å². The Morgan fingerprint density at radius 1 is 1.00 bits per heavy atom. The Morgan fingerprint density at radius 3 is 2.27 bits per heavy atom. The summed E-state index contributed by atoms with van der Waals surface area (Å²) in [5.41, 5.74) is 1.40. The minimum atomic E-state index is -1.16. The van der Waals surface area contributed by atoms with Crippen LogP contribution in [0.5, 0.6) is 0 Å². The van der Waals surface area contributed by atoms with Crippen LogP contribution in [-0.4, -0.2) is 35.6 Å². The highest BCUT2D eigenvalue weighted by Gasteiger charge is 2.21. The van der Waals surface area contributed by atoms with Crippen molar-refractivity contribution < 1.29 is 19.5 Å². The van der Waals surface area contributed by atoms with E-state index >= 15 is 0 Å². The lowest BCUT2D eigenvalue weighted by Crippen LogP contribution is -2.50. The number of amides is 3. The molecular weight excluding hydrogens is 402 g/mol. The van der Waals surface area contributed by atoms with Gasteiger partial charge in [-0.2, -0.15) is 0 Å². The fraction of sp³-hybridized carbons (Fsp3) is 0.167. The quantitative estimate of drug-likeness (QED) is 0.552. The predicted octanol–water partition coefficient (Wildman–Crippen LogP) is 2.38. The number of carboxylic acid groups (broad SMARTS) is 1. The Balaban J connectivity index is 2.04. The molecule has 8 heteroatoms. The maximum atomic E-state index is 12.3. The van der Waals surface area contributed by atoms with E-state index in [1.807, 2.05) is 30.3 Å². The molecule has 136 valence electrons. The lowest BCUT2D eigenvalue weighted by Gasteiger charge is -2.18. The minimum Gasteiger partial charge on any atom is -0.480 e. The van der Waals surface area contributed by atoms with Crippen LogP contribution in [0.4, 0.5) is 10.5 Å². The second-order valence-electron chi connectivity index (χ2n) is 5.46. The zero-order valence-corrected chi connectivity index (χ0v) is 15.3. The molecule has 0 aliphatic heterocycles. The molecule has 0 aromatic heterocycles. The van der Waals surface area contributed by atoms with Crippen molar-refractivity contribution >= 4 is 39.5 Å². The molecule has 0 radical (unpaired) electrons. The number of carbonyl (C=O) groups is 3. The summed E-state index contributed by atoms with van der Waals surface area (Å²) < 4.78 is 0.874. The Bertz CT molecular complexity index is 766. The van der Waals surface area contributed by atoms with Crippen LogP contribution in [0.15, 0.2) is 59.1 Å². The first kappa shape index (κ1) is 19.5. The number of anilines is 1. The van der Waals surface area contributed by atoms with Crippen LogP contribution in [0, 0.1) is 0 Å². The van der Waals surface area contributed by atoms with Gasteiger partial charge in [0.2, 0.25) is 5.91 Å². The van der Waals surface area contributed by atoms with Gasteiger partial charge in [-0.25, -0.2) is 4.79 Å². The first-order valence-corrected chi connectivity index (χ1v) is 8.60. The van der Waals surface area contributed by atoms with Crippen molar-refractivity contribution in [1.29, 1.82) is 0 Å². The van der Waals surface area contributed by atoms with Crippen LogP contribution in [-0.2, 0) is 16.0 Å². The van der Waals surface area contributed by atoms with Crippen molar-refractivity contribution in [1.82, 2.24) is 10.6 Å². The van der Waals surface area contributed by atoms with Crippen molar-refractivity contribution in [2.75, 3.05) is 11.9 Å². The third kappa shape index (κ3) is 6.56. The van der Waals surface area contributed by atoms with Gasteiger partial charge in [0.15, 0.2) is 0 Å². The zero-order chi connectivity index (χ0) is 18.9. The molecule has 0 spiro atoms. The predicted molar refractivity (Wildman–Crippen MR) is 101 cm³/mol. The fourth-order valence-electron chi connectivity index (χ4n) is 2.20. The van der Waals surface area contributed by atoms with E-state index in [-0.39, 0.29) is 6.42 Å². The molecule has 4 N–H and O–H groups in total. The molecule has 0 fully saturated rings. The molecule has 0 aliphatic rings. The number of halogens is 1. The van der Waals surface area contributed by atoms with Crippen molar-refractivity contribution in [3.63, 3.8) is 0 Å². The zero-order valence-electron chi connectivity index (χ0n) is 13.7. The second-order valence-corrected chi connectivity index (χ2v) is 6.37. The minimum absolute atomic E-state index is 0.236. The lowest BCUT2D eigenvalue weighted by atomic mass is 10.1. The topological polar surface area (TPSA) is 108 Å². The Labute approximate surface area is 158 Å². The highest BCUT2D eigenvalue weighted by molar-refractivity contribution is 9.10. The van der Waals surface area contributed by atoms with Crippen molar-refractivity contribution in [3.8, 4) is 0 Å². The van der Waals surface area contributed by atoms with E-state index < -0.39 is 30.5 Å². The van der Waals surface area contributed by atoms with Crippen LogP contribution in [0.1, 0.15) is 5.56 Å². The number of hydrogen-bond acceptors (Lipinski definition) is 3. The molecule has 3 amide bonds. The van der Waals surface area contributed by atoms with Crippen LogP contribution in [0.3, 0.4) is 0 Å². The van der Waals surface area contributed by atoms with Gasteiger partial charge >= 0.3 is 12.0 Å². The molecule has 7 nitrogen and oxygen atoms in total. The summed E-state index contributed by atoms with van der Waals surface area (Å²) in [5, 5.41) is 16.2. The first-order chi connectivity index (χ1) is 12.4. The number of rotatable bonds is 7. The highest BCUT2D eigenvalue weighted by Crippen LogP contribution is 2.14. The molecule has 26 heavy (non-hydrogen) atoms. The Kier molecular flexibility index (Phi) is 7.16. The average Bonchev–Trinajstić information content (AvgIpc) is 2.62. The molecule has 1 atom stereocenters. The van der Waals surface area contributed by atoms with Crippen molar-refractivity contribution in [2.45, 2.75) is 12.5 Å². The van der Waals surface area contributed by atoms with E-state index in [9.17, 15) is 14.4 Å². The highest BCUT2D eigenvalue weighted by atomic mass is 79.9. The van der Waals surface area contributed by atoms with E-state index in [1.54, 1.807) is 24.3 Å². The SMILES string of the molecule is O=C(O)CNC(=O)[C@H](Cc1ccccc1)NC(=O)Nc1ccc(Br)cc1. The summed E-state index contributed by atoms with van der Waals surface area (Å²) in [6.45, 7) is -0.514.